The van der Waals surface area contributed by atoms with Gasteiger partial charge in [-0.15, -0.1) is 0 Å². The summed E-state index contributed by atoms with van der Waals surface area (Å²) in [5.41, 5.74) is 0.775. The zero-order valence-corrected chi connectivity index (χ0v) is 8.65. The number of aliphatic hydroxyl groups excluding tert-OH is 1. The van der Waals surface area contributed by atoms with Crippen molar-refractivity contribution < 1.29 is 9.90 Å². The van der Waals surface area contributed by atoms with Crippen molar-refractivity contribution in [1.82, 2.24) is 9.88 Å². The fourth-order valence-electron chi connectivity index (χ4n) is 1.54. The first-order chi connectivity index (χ1) is 7.29. The topological polar surface area (TPSA) is 54.3 Å². The molecule has 15 heavy (non-hydrogen) atoms. The Hall–Kier alpha value is -1.29. The van der Waals surface area contributed by atoms with Gasteiger partial charge in [0, 0.05) is 18.4 Å². The van der Waals surface area contributed by atoms with E-state index in [2.05, 4.69) is 5.32 Å². The Kier molecular flexibility index (Phi) is 3.06. The molecule has 1 aliphatic carbocycles. The summed E-state index contributed by atoms with van der Waals surface area (Å²) in [6, 6.07) is 3.65. The second-order valence-corrected chi connectivity index (χ2v) is 4.03. The third-order valence-corrected chi connectivity index (χ3v) is 2.68. The van der Waals surface area contributed by atoms with Crippen LogP contribution in [-0.4, -0.2) is 22.1 Å². The van der Waals surface area contributed by atoms with Crippen molar-refractivity contribution in [1.29, 1.82) is 0 Å². The van der Waals surface area contributed by atoms with Crippen LogP contribution in [0, 0.1) is 5.92 Å². The molecule has 1 heterocycles. The third kappa shape index (κ3) is 2.83. The van der Waals surface area contributed by atoms with Gasteiger partial charge < -0.3 is 15.0 Å². The van der Waals surface area contributed by atoms with Gasteiger partial charge in [0.1, 0.15) is 6.54 Å². The molecule has 0 aliphatic heterocycles. The second-order valence-electron chi connectivity index (χ2n) is 4.03. The summed E-state index contributed by atoms with van der Waals surface area (Å²) in [5, 5.41) is 11.9. The van der Waals surface area contributed by atoms with Gasteiger partial charge in [-0.2, -0.15) is 0 Å². The van der Waals surface area contributed by atoms with Gasteiger partial charge in [-0.3, -0.25) is 4.79 Å². The average Bonchev–Trinajstić information content (AvgIpc) is 2.96. The van der Waals surface area contributed by atoms with Gasteiger partial charge in [0.25, 0.3) is 0 Å². The molecule has 82 valence electrons. The van der Waals surface area contributed by atoms with Crippen LogP contribution < -0.4 is 5.32 Å². The van der Waals surface area contributed by atoms with Crippen molar-refractivity contribution in [3.05, 3.63) is 24.0 Å². The summed E-state index contributed by atoms with van der Waals surface area (Å²) in [6.45, 7) is 1.08. The third-order valence-electron chi connectivity index (χ3n) is 2.68. The Labute approximate surface area is 88.9 Å². The molecule has 2 rings (SSSR count). The summed E-state index contributed by atoms with van der Waals surface area (Å²) in [5.74, 6) is 0.726. The molecule has 0 bridgehead atoms. The first-order valence-corrected chi connectivity index (χ1v) is 5.31. The highest BCUT2D eigenvalue weighted by molar-refractivity contribution is 5.75. The molecule has 0 saturated heterocycles. The van der Waals surface area contributed by atoms with Crippen molar-refractivity contribution >= 4 is 5.91 Å². The molecular weight excluding hydrogens is 192 g/mol. The van der Waals surface area contributed by atoms with Crippen molar-refractivity contribution in [3.8, 4) is 0 Å². The summed E-state index contributed by atoms with van der Waals surface area (Å²) in [6.07, 6.45) is 4.29. The molecule has 1 aromatic rings. The fraction of sp³-hybridized carbons (Fsp3) is 0.545. The highest BCUT2D eigenvalue weighted by Crippen LogP contribution is 2.27. The van der Waals surface area contributed by atoms with Crippen LogP contribution in [-0.2, 0) is 17.9 Å². The molecule has 0 atom stereocenters. The van der Waals surface area contributed by atoms with Crippen LogP contribution in [0.1, 0.15) is 18.5 Å². The molecule has 1 saturated carbocycles. The minimum absolute atomic E-state index is 0.0211. The number of aromatic nitrogens is 1. The SMILES string of the molecule is O=C(Cn1cccc1CO)NCC1CC1. The standard InChI is InChI=1S/C11H16N2O2/c14-8-10-2-1-5-13(10)7-11(15)12-6-9-3-4-9/h1-2,5,9,14H,3-4,6-8H2,(H,12,15). The molecule has 2 N–H and O–H groups in total. The van der Waals surface area contributed by atoms with Crippen molar-refractivity contribution in [2.75, 3.05) is 6.54 Å². The summed E-state index contributed by atoms with van der Waals surface area (Å²) >= 11 is 0. The maximum Gasteiger partial charge on any atom is 0.239 e. The van der Waals surface area contributed by atoms with Crippen molar-refractivity contribution in [3.63, 3.8) is 0 Å². The molecule has 0 spiro atoms. The highest BCUT2D eigenvalue weighted by atomic mass is 16.3. The minimum atomic E-state index is -0.0249. The molecule has 0 aromatic carbocycles. The number of carbonyl (C=O) groups excluding carboxylic acids is 1. The Balaban J connectivity index is 1.81. The van der Waals surface area contributed by atoms with E-state index in [-0.39, 0.29) is 12.5 Å². The first-order valence-electron chi connectivity index (χ1n) is 5.31. The molecule has 0 unspecified atom stereocenters. The molecular formula is C11H16N2O2. The maximum atomic E-state index is 11.5. The number of amides is 1. The number of nitrogens with one attached hydrogen (secondary N) is 1. The molecule has 4 nitrogen and oxygen atoms in total. The van der Waals surface area contributed by atoms with E-state index < -0.39 is 0 Å². The lowest BCUT2D eigenvalue weighted by Gasteiger charge is -2.07. The molecule has 1 aromatic heterocycles. The largest absolute Gasteiger partial charge is 0.390 e. The van der Waals surface area contributed by atoms with Crippen LogP contribution in [0.3, 0.4) is 0 Å². The monoisotopic (exact) mass is 208 g/mol. The zero-order valence-electron chi connectivity index (χ0n) is 8.65. The maximum absolute atomic E-state index is 11.5. The lowest BCUT2D eigenvalue weighted by atomic mass is 10.4. The van der Waals surface area contributed by atoms with Gasteiger partial charge >= 0.3 is 0 Å². The van der Waals surface area contributed by atoms with Crippen LogP contribution in [0.4, 0.5) is 0 Å². The van der Waals surface area contributed by atoms with Crippen LogP contribution in [0.2, 0.25) is 0 Å². The molecule has 1 aliphatic rings. The van der Waals surface area contributed by atoms with Gasteiger partial charge in [-0.25, -0.2) is 0 Å². The van der Waals surface area contributed by atoms with Gasteiger partial charge in [-0.1, -0.05) is 0 Å². The van der Waals surface area contributed by atoms with Crippen LogP contribution >= 0.6 is 0 Å². The van der Waals surface area contributed by atoms with Gasteiger partial charge in [-0.05, 0) is 30.9 Å². The summed E-state index contributed by atoms with van der Waals surface area (Å²) in [7, 11) is 0. The van der Waals surface area contributed by atoms with Crippen molar-refractivity contribution in [2.24, 2.45) is 5.92 Å². The summed E-state index contributed by atoms with van der Waals surface area (Å²) < 4.78 is 1.77. The zero-order chi connectivity index (χ0) is 10.7. The number of nitrogens with zero attached hydrogens (tertiary/aromatic N) is 1. The van der Waals surface area contributed by atoms with Gasteiger partial charge in [0.05, 0.1) is 6.61 Å². The normalized spacial score (nSPS) is 15.3. The van der Waals surface area contributed by atoms with E-state index in [1.54, 1.807) is 4.57 Å². The average molecular weight is 208 g/mol. The lowest BCUT2D eigenvalue weighted by molar-refractivity contribution is -0.121. The number of rotatable bonds is 5. The van der Waals surface area contributed by atoms with Crippen LogP contribution in [0.15, 0.2) is 18.3 Å². The number of carbonyl (C=O) groups is 1. The number of aliphatic hydroxyl groups is 1. The summed E-state index contributed by atoms with van der Waals surface area (Å²) in [4.78, 5) is 11.5. The van der Waals surface area contributed by atoms with E-state index in [4.69, 9.17) is 5.11 Å². The van der Waals surface area contributed by atoms with E-state index >= 15 is 0 Å². The van der Waals surface area contributed by atoms with Gasteiger partial charge in [0.15, 0.2) is 0 Å². The molecule has 1 fully saturated rings. The Bertz CT molecular complexity index is 342. The fourth-order valence-corrected chi connectivity index (χ4v) is 1.54. The molecule has 0 radical (unpaired) electrons. The minimum Gasteiger partial charge on any atom is -0.390 e. The predicted molar refractivity (Wildman–Crippen MR) is 56.1 cm³/mol. The van der Waals surface area contributed by atoms with E-state index in [1.807, 2.05) is 18.3 Å². The molecule has 4 heteroatoms. The Morgan fingerprint density at radius 2 is 2.40 bits per heavy atom. The lowest BCUT2D eigenvalue weighted by Crippen LogP contribution is -2.29. The predicted octanol–water partition coefficient (Wildman–Crippen LogP) is 0.507. The van der Waals surface area contributed by atoms with E-state index in [0.717, 1.165) is 12.2 Å². The Morgan fingerprint density at radius 1 is 1.60 bits per heavy atom. The molecule has 1 amide bonds. The van der Waals surface area contributed by atoms with E-state index in [9.17, 15) is 4.79 Å². The quantitative estimate of drug-likeness (QED) is 0.740. The highest BCUT2D eigenvalue weighted by Gasteiger charge is 2.21. The number of hydrogen-bond donors (Lipinski definition) is 2. The Morgan fingerprint density at radius 3 is 3.07 bits per heavy atom. The first kappa shape index (κ1) is 10.2. The van der Waals surface area contributed by atoms with Crippen LogP contribution in [0.5, 0.6) is 0 Å². The smallest absolute Gasteiger partial charge is 0.239 e. The van der Waals surface area contributed by atoms with Crippen molar-refractivity contribution in [2.45, 2.75) is 26.0 Å². The van der Waals surface area contributed by atoms with Crippen LogP contribution in [0.25, 0.3) is 0 Å². The van der Waals surface area contributed by atoms with E-state index in [0.29, 0.717) is 12.5 Å². The van der Waals surface area contributed by atoms with E-state index in [1.165, 1.54) is 12.8 Å². The number of hydrogen-bond acceptors (Lipinski definition) is 2. The second kappa shape index (κ2) is 4.49. The van der Waals surface area contributed by atoms with Gasteiger partial charge in [0.2, 0.25) is 5.91 Å².